The van der Waals surface area contributed by atoms with Crippen LogP contribution in [-0.2, 0) is 0 Å². The van der Waals surface area contributed by atoms with Crippen molar-refractivity contribution in [2.24, 2.45) is 0 Å². The van der Waals surface area contributed by atoms with E-state index >= 15 is 0 Å². The quantitative estimate of drug-likeness (QED) is 0.811. The molecule has 0 aliphatic rings. The Balaban J connectivity index is 2.48. The molecule has 6 heteroatoms. The van der Waals surface area contributed by atoms with E-state index < -0.39 is 0 Å². The summed E-state index contributed by atoms with van der Waals surface area (Å²) in [6.07, 6.45) is 1.69. The monoisotopic (exact) mass is 302 g/mol. The molecule has 0 atom stereocenters. The molecule has 0 amide bonds. The Bertz CT molecular complexity index is 392. The molecule has 0 saturated carbocycles. The van der Waals surface area contributed by atoms with Crippen molar-refractivity contribution in [2.45, 2.75) is 0 Å². The Morgan fingerprint density at radius 3 is 2.31 bits per heavy atom. The van der Waals surface area contributed by atoms with Crippen molar-refractivity contribution < 1.29 is 0 Å². The molecule has 0 unspecified atom stereocenters. The van der Waals surface area contributed by atoms with Crippen LogP contribution in [0.4, 0.5) is 0 Å². The van der Waals surface area contributed by atoms with Crippen LogP contribution < -0.4 is 0 Å². The van der Waals surface area contributed by atoms with E-state index in [2.05, 4.69) is 47.0 Å². The van der Waals surface area contributed by atoms with Gasteiger partial charge < -0.3 is 0 Å². The smallest absolute Gasteiger partial charge is 0.174 e. The number of aromatic nitrogens is 4. The van der Waals surface area contributed by atoms with Crippen molar-refractivity contribution in [3.63, 3.8) is 0 Å². The summed E-state index contributed by atoms with van der Waals surface area (Å²) >= 11 is 6.49. The highest BCUT2D eigenvalue weighted by molar-refractivity contribution is 9.13. The lowest BCUT2D eigenvalue weighted by Gasteiger charge is -1.94. The van der Waals surface area contributed by atoms with Gasteiger partial charge in [0.05, 0.1) is 0 Å². The molecule has 2 aromatic heterocycles. The van der Waals surface area contributed by atoms with Crippen molar-refractivity contribution in [2.75, 3.05) is 0 Å². The topological polar surface area (TPSA) is 43.6 Å². The van der Waals surface area contributed by atoms with E-state index in [0.717, 1.165) is 0 Å². The minimum atomic E-state index is 0.665. The lowest BCUT2D eigenvalue weighted by Crippen LogP contribution is -2.00. The highest BCUT2D eigenvalue weighted by atomic mass is 79.9. The van der Waals surface area contributed by atoms with Crippen LogP contribution in [0.2, 0.25) is 0 Å². The van der Waals surface area contributed by atoms with Gasteiger partial charge in [-0.25, -0.2) is 4.98 Å². The second-order valence-corrected chi connectivity index (χ2v) is 3.76. The van der Waals surface area contributed by atoms with Crippen LogP contribution in [0.15, 0.2) is 33.6 Å². The minimum Gasteiger partial charge on any atom is -0.236 e. The predicted molar refractivity (Wildman–Crippen MR) is 54.6 cm³/mol. The molecule has 0 spiro atoms. The Morgan fingerprint density at radius 2 is 1.77 bits per heavy atom. The van der Waals surface area contributed by atoms with Gasteiger partial charge in [-0.05, 0) is 44.0 Å². The number of halogens is 2. The Morgan fingerprint density at radius 1 is 1.08 bits per heavy atom. The maximum Gasteiger partial charge on any atom is 0.174 e. The fraction of sp³-hybridized carbons (Fsp3) is 0. The van der Waals surface area contributed by atoms with Crippen molar-refractivity contribution in [3.05, 3.63) is 33.6 Å². The molecule has 0 aliphatic heterocycles. The summed E-state index contributed by atoms with van der Waals surface area (Å²) in [5, 5.41) is 8.19. The maximum atomic E-state index is 4.10. The highest BCUT2D eigenvalue weighted by Crippen LogP contribution is 2.18. The van der Waals surface area contributed by atoms with E-state index in [1.165, 1.54) is 4.80 Å². The third-order valence-electron chi connectivity index (χ3n) is 1.39. The van der Waals surface area contributed by atoms with Gasteiger partial charge in [0.15, 0.2) is 15.0 Å². The van der Waals surface area contributed by atoms with Gasteiger partial charge in [0.2, 0.25) is 0 Å². The standard InChI is InChI=1S/C7H4Br2N4/c8-6-7(9)12-13(11-6)5-3-1-2-4-10-5/h1-4H. The van der Waals surface area contributed by atoms with Gasteiger partial charge in [0, 0.05) is 6.20 Å². The van der Waals surface area contributed by atoms with Gasteiger partial charge in [-0.15, -0.1) is 15.0 Å². The molecule has 0 radical (unpaired) electrons. The van der Waals surface area contributed by atoms with Crippen LogP contribution in [0, 0.1) is 0 Å². The second kappa shape index (κ2) is 3.55. The van der Waals surface area contributed by atoms with Crippen molar-refractivity contribution >= 4 is 31.9 Å². The molecular formula is C7H4Br2N4. The Kier molecular flexibility index (Phi) is 2.41. The third kappa shape index (κ3) is 1.78. The molecule has 2 heterocycles. The van der Waals surface area contributed by atoms with Crippen LogP contribution in [0.25, 0.3) is 5.82 Å². The number of hydrogen-bond acceptors (Lipinski definition) is 3. The average Bonchev–Trinajstić information content (AvgIpc) is 2.49. The summed E-state index contributed by atoms with van der Waals surface area (Å²) in [6, 6.07) is 5.56. The van der Waals surface area contributed by atoms with Crippen molar-refractivity contribution in [1.29, 1.82) is 0 Å². The first-order chi connectivity index (χ1) is 6.27. The molecule has 0 aromatic carbocycles. The third-order valence-corrected chi connectivity index (χ3v) is 2.99. The minimum absolute atomic E-state index is 0.665. The van der Waals surface area contributed by atoms with Crippen molar-refractivity contribution in [3.8, 4) is 5.82 Å². The molecule has 2 aromatic rings. The first-order valence-electron chi connectivity index (χ1n) is 3.47. The first kappa shape index (κ1) is 8.83. The van der Waals surface area contributed by atoms with E-state index in [1.807, 2.05) is 18.2 Å². The largest absolute Gasteiger partial charge is 0.236 e. The van der Waals surface area contributed by atoms with E-state index in [1.54, 1.807) is 6.20 Å². The van der Waals surface area contributed by atoms with Crippen LogP contribution >= 0.6 is 31.9 Å². The summed E-state index contributed by atoms with van der Waals surface area (Å²) in [5.74, 6) is 0.689. The van der Waals surface area contributed by atoms with Crippen LogP contribution in [0.3, 0.4) is 0 Å². The summed E-state index contributed by atoms with van der Waals surface area (Å²) < 4.78 is 1.33. The zero-order valence-electron chi connectivity index (χ0n) is 6.35. The summed E-state index contributed by atoms with van der Waals surface area (Å²) in [6.45, 7) is 0. The molecule has 4 nitrogen and oxygen atoms in total. The SMILES string of the molecule is Brc1nn(-c2ccccn2)nc1Br. The van der Waals surface area contributed by atoms with Crippen LogP contribution in [-0.4, -0.2) is 20.0 Å². The van der Waals surface area contributed by atoms with E-state index in [4.69, 9.17) is 0 Å². The molecule has 13 heavy (non-hydrogen) atoms. The van der Waals surface area contributed by atoms with Gasteiger partial charge >= 0.3 is 0 Å². The summed E-state index contributed by atoms with van der Waals surface area (Å²) in [5.41, 5.74) is 0. The molecule has 66 valence electrons. The molecule has 0 aliphatic carbocycles. The zero-order valence-corrected chi connectivity index (χ0v) is 9.53. The zero-order chi connectivity index (χ0) is 9.26. The molecule has 0 saturated heterocycles. The number of nitrogens with zero attached hydrogens (tertiary/aromatic N) is 4. The molecule has 0 bridgehead atoms. The lowest BCUT2D eigenvalue weighted by atomic mass is 10.5. The molecular weight excluding hydrogens is 300 g/mol. The van der Waals surface area contributed by atoms with Gasteiger partial charge in [0.25, 0.3) is 0 Å². The Labute approximate surface area is 91.2 Å². The highest BCUT2D eigenvalue weighted by Gasteiger charge is 2.06. The van der Waals surface area contributed by atoms with E-state index in [-0.39, 0.29) is 0 Å². The van der Waals surface area contributed by atoms with Crippen molar-refractivity contribution in [1.82, 2.24) is 20.0 Å². The van der Waals surface area contributed by atoms with Gasteiger partial charge in [-0.2, -0.15) is 0 Å². The summed E-state index contributed by atoms with van der Waals surface area (Å²) in [7, 11) is 0. The van der Waals surface area contributed by atoms with E-state index in [9.17, 15) is 0 Å². The maximum absolute atomic E-state index is 4.10. The molecule has 0 N–H and O–H groups in total. The van der Waals surface area contributed by atoms with Gasteiger partial charge in [-0.1, -0.05) is 6.07 Å². The van der Waals surface area contributed by atoms with Gasteiger partial charge in [-0.3, -0.25) is 0 Å². The lowest BCUT2D eigenvalue weighted by molar-refractivity contribution is 0.722. The number of pyridine rings is 1. The van der Waals surface area contributed by atoms with Gasteiger partial charge in [0.1, 0.15) is 0 Å². The fourth-order valence-electron chi connectivity index (χ4n) is 0.846. The first-order valence-corrected chi connectivity index (χ1v) is 5.06. The Hall–Kier alpha value is -0.750. The average molecular weight is 304 g/mol. The summed E-state index contributed by atoms with van der Waals surface area (Å²) in [4.78, 5) is 5.55. The second-order valence-electron chi connectivity index (χ2n) is 2.26. The fourth-order valence-corrected chi connectivity index (χ4v) is 1.30. The predicted octanol–water partition coefficient (Wildman–Crippen LogP) is 2.19. The van der Waals surface area contributed by atoms with Crippen LogP contribution in [0.1, 0.15) is 0 Å². The normalized spacial score (nSPS) is 10.3. The molecule has 0 fully saturated rings. The van der Waals surface area contributed by atoms with Crippen LogP contribution in [0.5, 0.6) is 0 Å². The van der Waals surface area contributed by atoms with E-state index in [0.29, 0.717) is 15.0 Å². The molecule has 2 rings (SSSR count). The number of rotatable bonds is 1. The number of hydrogen-bond donors (Lipinski definition) is 0.